The Morgan fingerprint density at radius 3 is 2.79 bits per heavy atom. The minimum atomic E-state index is 0.173. The van der Waals surface area contributed by atoms with Gasteiger partial charge in [0, 0.05) is 12.2 Å². The van der Waals surface area contributed by atoms with E-state index in [1.807, 2.05) is 18.2 Å². The second kappa shape index (κ2) is 4.01. The highest BCUT2D eigenvalue weighted by molar-refractivity contribution is 5.55. The third-order valence-electron chi connectivity index (χ3n) is 2.85. The van der Waals surface area contributed by atoms with Crippen LogP contribution < -0.4 is 10.6 Å². The Labute approximate surface area is 85.7 Å². The maximum atomic E-state index is 6.08. The number of hydrogen-bond donors (Lipinski definition) is 1. The summed E-state index contributed by atoms with van der Waals surface area (Å²) in [5.74, 6) is 0. The summed E-state index contributed by atoms with van der Waals surface area (Å²) >= 11 is 0. The van der Waals surface area contributed by atoms with Gasteiger partial charge in [0.25, 0.3) is 0 Å². The fraction of sp³-hybridized carbons (Fsp3) is 0.417. The van der Waals surface area contributed by atoms with Crippen molar-refractivity contribution in [2.45, 2.75) is 25.4 Å². The molecule has 1 radical (unpaired) electrons. The zero-order valence-corrected chi connectivity index (χ0v) is 8.45. The Balaban J connectivity index is 2.25. The molecule has 1 heterocycles. The first kappa shape index (κ1) is 9.53. The summed E-state index contributed by atoms with van der Waals surface area (Å²) in [4.78, 5) is 2.27. The lowest BCUT2D eigenvalue weighted by molar-refractivity contribution is 0.470. The zero-order chi connectivity index (χ0) is 9.97. The highest BCUT2D eigenvalue weighted by Crippen LogP contribution is 2.25. The van der Waals surface area contributed by atoms with Gasteiger partial charge in [-0.3, -0.25) is 0 Å². The summed E-state index contributed by atoms with van der Waals surface area (Å²) in [5.41, 5.74) is 8.35. The first-order chi connectivity index (χ1) is 6.79. The molecule has 1 aromatic carbocycles. The van der Waals surface area contributed by atoms with Crippen LogP contribution in [0.25, 0.3) is 0 Å². The minimum Gasteiger partial charge on any atom is -0.356 e. The summed E-state index contributed by atoms with van der Waals surface area (Å²) in [6, 6.07) is 8.21. The van der Waals surface area contributed by atoms with Crippen molar-refractivity contribution >= 4 is 5.69 Å². The summed E-state index contributed by atoms with van der Waals surface area (Å²) in [5, 5.41) is 0. The summed E-state index contributed by atoms with van der Waals surface area (Å²) in [6.45, 7) is 5.10. The highest BCUT2D eigenvalue weighted by atomic mass is 15.2. The Hall–Kier alpha value is -1.02. The lowest BCUT2D eigenvalue weighted by atomic mass is 10.1. The van der Waals surface area contributed by atoms with Crippen molar-refractivity contribution in [3.63, 3.8) is 0 Å². The molecule has 14 heavy (non-hydrogen) atoms. The molecular weight excluding hydrogens is 172 g/mol. The molecule has 1 aliphatic heterocycles. The number of hydrogen-bond acceptors (Lipinski definition) is 2. The Morgan fingerprint density at radius 1 is 1.29 bits per heavy atom. The predicted octanol–water partition coefficient (Wildman–Crippen LogP) is 2.14. The molecule has 2 nitrogen and oxygen atoms in total. The molecule has 1 fully saturated rings. The second-order valence-electron chi connectivity index (χ2n) is 3.89. The average molecular weight is 189 g/mol. The quantitative estimate of drug-likeness (QED) is 0.733. The van der Waals surface area contributed by atoms with Gasteiger partial charge in [-0.25, -0.2) is 0 Å². The lowest BCUT2D eigenvalue weighted by Gasteiger charge is -2.35. The van der Waals surface area contributed by atoms with Crippen LogP contribution in [-0.4, -0.2) is 12.7 Å². The molecule has 1 atom stereocenters. The van der Waals surface area contributed by atoms with Crippen LogP contribution in [0.1, 0.15) is 24.8 Å². The monoisotopic (exact) mass is 189 g/mol. The fourth-order valence-corrected chi connectivity index (χ4v) is 2.05. The standard InChI is InChI=1S/C12H17N2/c1-10-6-2-3-7-11(10)14-9-5-4-8-12(14)13/h2-3,6-7,12H,1,4-5,8-9,13H2. The minimum absolute atomic E-state index is 0.173. The van der Waals surface area contributed by atoms with E-state index in [0.29, 0.717) is 0 Å². The van der Waals surface area contributed by atoms with Crippen molar-refractivity contribution < 1.29 is 0 Å². The first-order valence-corrected chi connectivity index (χ1v) is 5.22. The van der Waals surface area contributed by atoms with Gasteiger partial charge in [-0.15, -0.1) is 0 Å². The van der Waals surface area contributed by atoms with Gasteiger partial charge in [0.15, 0.2) is 0 Å². The fourth-order valence-electron chi connectivity index (χ4n) is 2.05. The van der Waals surface area contributed by atoms with Crippen LogP contribution >= 0.6 is 0 Å². The third-order valence-corrected chi connectivity index (χ3v) is 2.85. The van der Waals surface area contributed by atoms with E-state index in [-0.39, 0.29) is 6.17 Å². The Kier molecular flexibility index (Phi) is 2.73. The molecule has 0 bridgehead atoms. The van der Waals surface area contributed by atoms with Crippen molar-refractivity contribution in [3.8, 4) is 0 Å². The van der Waals surface area contributed by atoms with E-state index in [9.17, 15) is 0 Å². The van der Waals surface area contributed by atoms with E-state index >= 15 is 0 Å². The van der Waals surface area contributed by atoms with E-state index in [0.717, 1.165) is 18.5 Å². The van der Waals surface area contributed by atoms with Crippen molar-refractivity contribution in [2.75, 3.05) is 11.4 Å². The lowest BCUT2D eigenvalue weighted by Crippen LogP contribution is -2.45. The number of nitrogens with two attached hydrogens (primary N) is 1. The molecule has 0 aromatic heterocycles. The van der Waals surface area contributed by atoms with Crippen molar-refractivity contribution in [2.24, 2.45) is 5.73 Å². The molecule has 1 unspecified atom stereocenters. The largest absolute Gasteiger partial charge is 0.356 e. The molecule has 0 amide bonds. The van der Waals surface area contributed by atoms with Crippen molar-refractivity contribution in [3.05, 3.63) is 36.8 Å². The molecule has 2 heteroatoms. The smallest absolute Gasteiger partial charge is 0.0770 e. The van der Waals surface area contributed by atoms with Crippen LogP contribution in [0, 0.1) is 6.92 Å². The highest BCUT2D eigenvalue weighted by Gasteiger charge is 2.19. The summed E-state index contributed by atoms with van der Waals surface area (Å²) in [7, 11) is 0. The van der Waals surface area contributed by atoms with Gasteiger partial charge in [0.1, 0.15) is 0 Å². The van der Waals surface area contributed by atoms with Gasteiger partial charge in [-0.2, -0.15) is 0 Å². The van der Waals surface area contributed by atoms with Gasteiger partial charge in [0.05, 0.1) is 6.17 Å². The van der Waals surface area contributed by atoms with Crippen molar-refractivity contribution in [1.29, 1.82) is 0 Å². The van der Waals surface area contributed by atoms with Crippen LogP contribution in [0.4, 0.5) is 5.69 Å². The van der Waals surface area contributed by atoms with E-state index < -0.39 is 0 Å². The van der Waals surface area contributed by atoms with E-state index in [1.165, 1.54) is 18.5 Å². The van der Waals surface area contributed by atoms with E-state index in [1.54, 1.807) is 0 Å². The predicted molar refractivity (Wildman–Crippen MR) is 60.1 cm³/mol. The van der Waals surface area contributed by atoms with Crippen LogP contribution in [0.3, 0.4) is 0 Å². The number of nitrogens with zero attached hydrogens (tertiary/aromatic N) is 1. The molecule has 0 aliphatic carbocycles. The zero-order valence-electron chi connectivity index (χ0n) is 8.45. The van der Waals surface area contributed by atoms with Crippen LogP contribution in [-0.2, 0) is 0 Å². The number of para-hydroxylation sites is 1. The van der Waals surface area contributed by atoms with Crippen LogP contribution in [0.2, 0.25) is 0 Å². The number of anilines is 1. The maximum absolute atomic E-state index is 6.08. The van der Waals surface area contributed by atoms with Gasteiger partial charge >= 0.3 is 0 Å². The number of piperidine rings is 1. The molecule has 1 aliphatic rings. The van der Waals surface area contributed by atoms with E-state index in [2.05, 4.69) is 17.9 Å². The molecule has 0 spiro atoms. The third kappa shape index (κ3) is 1.75. The molecular formula is C12H17N2. The molecule has 1 aromatic rings. The molecule has 2 rings (SSSR count). The topological polar surface area (TPSA) is 29.3 Å². The number of rotatable bonds is 1. The maximum Gasteiger partial charge on any atom is 0.0770 e. The van der Waals surface area contributed by atoms with Crippen molar-refractivity contribution in [1.82, 2.24) is 0 Å². The molecule has 2 N–H and O–H groups in total. The summed E-state index contributed by atoms with van der Waals surface area (Å²) in [6.07, 6.45) is 3.75. The SMILES string of the molecule is [CH2]c1ccccc1N1CCCCC1N. The molecule has 0 saturated carbocycles. The first-order valence-electron chi connectivity index (χ1n) is 5.22. The second-order valence-corrected chi connectivity index (χ2v) is 3.89. The summed E-state index contributed by atoms with van der Waals surface area (Å²) < 4.78 is 0. The van der Waals surface area contributed by atoms with Gasteiger partial charge in [-0.05, 0) is 37.8 Å². The van der Waals surface area contributed by atoms with E-state index in [4.69, 9.17) is 5.73 Å². The Bertz CT molecular complexity index is 309. The van der Waals surface area contributed by atoms with Crippen LogP contribution in [0.5, 0.6) is 0 Å². The van der Waals surface area contributed by atoms with Gasteiger partial charge in [-0.1, -0.05) is 18.2 Å². The van der Waals surface area contributed by atoms with Gasteiger partial charge in [0.2, 0.25) is 0 Å². The Morgan fingerprint density at radius 2 is 2.07 bits per heavy atom. The van der Waals surface area contributed by atoms with Gasteiger partial charge < -0.3 is 10.6 Å². The average Bonchev–Trinajstić information content (AvgIpc) is 2.20. The number of benzene rings is 1. The molecule has 1 saturated heterocycles. The molecule has 75 valence electrons. The van der Waals surface area contributed by atoms with Crippen LogP contribution in [0.15, 0.2) is 24.3 Å². The normalized spacial score (nSPS) is 22.4.